The highest BCUT2D eigenvalue weighted by Gasteiger charge is 2.13. The summed E-state index contributed by atoms with van der Waals surface area (Å²) in [4.78, 5) is 0. The van der Waals surface area contributed by atoms with Crippen LogP contribution in [-0.4, -0.2) is 21.3 Å². The molecular weight excluding hydrogens is 240 g/mol. The Morgan fingerprint density at radius 1 is 0.737 bits per heavy atom. The first-order chi connectivity index (χ1) is 9.19. The zero-order valence-electron chi connectivity index (χ0n) is 11.7. The third-order valence-electron chi connectivity index (χ3n) is 3.02. The van der Waals surface area contributed by atoms with Crippen molar-refractivity contribution in [2.45, 2.75) is 6.92 Å². The number of hydrogen-bond acceptors (Lipinski definition) is 3. The molecule has 2 aromatic carbocycles. The highest BCUT2D eigenvalue weighted by Crippen LogP contribution is 2.41. The van der Waals surface area contributed by atoms with Crippen LogP contribution in [0.1, 0.15) is 5.56 Å². The predicted molar refractivity (Wildman–Crippen MR) is 76.3 cm³/mol. The quantitative estimate of drug-likeness (QED) is 0.837. The number of hydrogen-bond donors (Lipinski definition) is 0. The average molecular weight is 258 g/mol. The first-order valence-electron chi connectivity index (χ1n) is 6.06. The summed E-state index contributed by atoms with van der Waals surface area (Å²) in [6.45, 7) is 2.07. The van der Waals surface area contributed by atoms with Crippen molar-refractivity contribution in [1.82, 2.24) is 0 Å². The number of rotatable bonds is 4. The zero-order valence-corrected chi connectivity index (χ0v) is 11.7. The maximum atomic E-state index is 5.37. The van der Waals surface area contributed by atoms with Gasteiger partial charge in [-0.3, -0.25) is 0 Å². The summed E-state index contributed by atoms with van der Waals surface area (Å²) in [5.41, 5.74) is 3.38. The van der Waals surface area contributed by atoms with E-state index < -0.39 is 0 Å². The second-order valence-corrected chi connectivity index (χ2v) is 4.28. The molecule has 0 aliphatic carbocycles. The van der Waals surface area contributed by atoms with E-state index in [1.807, 2.05) is 18.2 Å². The fourth-order valence-electron chi connectivity index (χ4n) is 2.07. The second-order valence-electron chi connectivity index (χ2n) is 4.28. The Labute approximate surface area is 113 Å². The van der Waals surface area contributed by atoms with Gasteiger partial charge in [-0.25, -0.2) is 0 Å². The lowest BCUT2D eigenvalue weighted by molar-refractivity contribution is 0.324. The smallest absolute Gasteiger partial charge is 0.203 e. The van der Waals surface area contributed by atoms with Gasteiger partial charge in [-0.1, -0.05) is 29.8 Å². The molecule has 0 unspecified atom stereocenters. The number of ether oxygens (including phenoxy) is 3. The van der Waals surface area contributed by atoms with Crippen molar-refractivity contribution in [3.8, 4) is 28.4 Å². The van der Waals surface area contributed by atoms with E-state index in [-0.39, 0.29) is 0 Å². The highest BCUT2D eigenvalue weighted by atomic mass is 16.5. The molecule has 19 heavy (non-hydrogen) atoms. The molecule has 0 aliphatic heterocycles. The predicted octanol–water partition coefficient (Wildman–Crippen LogP) is 3.69. The third-order valence-corrected chi connectivity index (χ3v) is 3.02. The molecule has 0 aromatic heterocycles. The van der Waals surface area contributed by atoms with Crippen LogP contribution >= 0.6 is 0 Å². The molecular formula is C16H18O3. The average Bonchev–Trinajstić information content (AvgIpc) is 2.45. The standard InChI is InChI=1S/C16H18O3/c1-11-6-5-7-12(8-11)13-9-14(17-2)16(19-4)15(10-13)18-3/h5-10H,1-4H3. The maximum absolute atomic E-state index is 5.37. The van der Waals surface area contributed by atoms with Crippen LogP contribution in [0.3, 0.4) is 0 Å². The SMILES string of the molecule is COc1cc(-c2cccc(C)c2)cc(OC)c1OC. The van der Waals surface area contributed by atoms with E-state index in [0.717, 1.165) is 11.1 Å². The summed E-state index contributed by atoms with van der Waals surface area (Å²) < 4.78 is 16.1. The first-order valence-corrected chi connectivity index (χ1v) is 6.06. The molecule has 2 rings (SSSR count). The zero-order chi connectivity index (χ0) is 13.8. The van der Waals surface area contributed by atoms with Gasteiger partial charge in [-0.05, 0) is 30.2 Å². The van der Waals surface area contributed by atoms with E-state index in [4.69, 9.17) is 14.2 Å². The van der Waals surface area contributed by atoms with E-state index in [1.54, 1.807) is 21.3 Å². The Balaban J connectivity index is 2.59. The van der Waals surface area contributed by atoms with Gasteiger partial charge in [0.25, 0.3) is 0 Å². The van der Waals surface area contributed by atoms with Crippen molar-refractivity contribution in [3.63, 3.8) is 0 Å². The van der Waals surface area contributed by atoms with E-state index in [2.05, 4.69) is 25.1 Å². The Hall–Kier alpha value is -2.16. The van der Waals surface area contributed by atoms with Gasteiger partial charge >= 0.3 is 0 Å². The Morgan fingerprint density at radius 3 is 1.84 bits per heavy atom. The molecule has 0 saturated heterocycles. The van der Waals surface area contributed by atoms with Crippen LogP contribution in [0, 0.1) is 6.92 Å². The molecule has 3 nitrogen and oxygen atoms in total. The van der Waals surface area contributed by atoms with Crippen molar-refractivity contribution in [2.75, 3.05) is 21.3 Å². The monoisotopic (exact) mass is 258 g/mol. The van der Waals surface area contributed by atoms with Crippen LogP contribution in [0.5, 0.6) is 17.2 Å². The van der Waals surface area contributed by atoms with Gasteiger partial charge in [-0.2, -0.15) is 0 Å². The maximum Gasteiger partial charge on any atom is 0.203 e. The fraction of sp³-hybridized carbons (Fsp3) is 0.250. The number of methoxy groups -OCH3 is 3. The molecule has 0 N–H and O–H groups in total. The topological polar surface area (TPSA) is 27.7 Å². The van der Waals surface area contributed by atoms with E-state index >= 15 is 0 Å². The molecule has 0 amide bonds. The van der Waals surface area contributed by atoms with Crippen molar-refractivity contribution < 1.29 is 14.2 Å². The molecule has 0 heterocycles. The largest absolute Gasteiger partial charge is 0.493 e. The number of benzene rings is 2. The summed E-state index contributed by atoms with van der Waals surface area (Å²) in [6, 6.07) is 12.2. The van der Waals surface area contributed by atoms with Crippen molar-refractivity contribution >= 4 is 0 Å². The van der Waals surface area contributed by atoms with Crippen LogP contribution in [0.15, 0.2) is 36.4 Å². The van der Waals surface area contributed by atoms with E-state index in [1.165, 1.54) is 5.56 Å². The van der Waals surface area contributed by atoms with Gasteiger partial charge in [0.05, 0.1) is 21.3 Å². The van der Waals surface area contributed by atoms with Crippen LogP contribution in [-0.2, 0) is 0 Å². The van der Waals surface area contributed by atoms with Gasteiger partial charge < -0.3 is 14.2 Å². The van der Waals surface area contributed by atoms with Crippen molar-refractivity contribution in [1.29, 1.82) is 0 Å². The first kappa shape index (κ1) is 13.3. The lowest BCUT2D eigenvalue weighted by Crippen LogP contribution is -1.95. The van der Waals surface area contributed by atoms with Gasteiger partial charge in [0, 0.05) is 0 Å². The van der Waals surface area contributed by atoms with Crippen molar-refractivity contribution in [3.05, 3.63) is 42.0 Å². The molecule has 0 fully saturated rings. The molecule has 0 spiro atoms. The third kappa shape index (κ3) is 2.65. The van der Waals surface area contributed by atoms with Gasteiger partial charge in [0.2, 0.25) is 5.75 Å². The minimum absolute atomic E-state index is 0.612. The normalized spacial score (nSPS) is 10.1. The van der Waals surface area contributed by atoms with E-state index in [0.29, 0.717) is 17.2 Å². The summed E-state index contributed by atoms with van der Waals surface area (Å²) in [7, 11) is 4.85. The Kier molecular flexibility index (Phi) is 3.95. The Bertz CT molecular complexity index is 551. The van der Waals surface area contributed by atoms with Gasteiger partial charge in [0.15, 0.2) is 11.5 Å². The summed E-state index contributed by atoms with van der Waals surface area (Å²) in [5, 5.41) is 0. The summed E-state index contributed by atoms with van der Waals surface area (Å²) in [5.74, 6) is 1.94. The molecule has 3 heteroatoms. The molecule has 0 radical (unpaired) electrons. The molecule has 0 atom stereocenters. The lowest BCUT2D eigenvalue weighted by Gasteiger charge is -2.14. The van der Waals surface area contributed by atoms with Crippen molar-refractivity contribution in [2.24, 2.45) is 0 Å². The lowest BCUT2D eigenvalue weighted by atomic mass is 10.0. The molecule has 0 saturated carbocycles. The summed E-state index contributed by atoms with van der Waals surface area (Å²) in [6.07, 6.45) is 0. The Morgan fingerprint density at radius 2 is 1.37 bits per heavy atom. The number of aryl methyl sites for hydroxylation is 1. The highest BCUT2D eigenvalue weighted by molar-refractivity contribution is 5.71. The van der Waals surface area contributed by atoms with Crippen LogP contribution in [0.4, 0.5) is 0 Å². The fourth-order valence-corrected chi connectivity index (χ4v) is 2.07. The molecule has 2 aromatic rings. The van der Waals surface area contributed by atoms with Gasteiger partial charge in [-0.15, -0.1) is 0 Å². The second kappa shape index (κ2) is 5.65. The van der Waals surface area contributed by atoms with E-state index in [9.17, 15) is 0 Å². The van der Waals surface area contributed by atoms with Gasteiger partial charge in [0.1, 0.15) is 0 Å². The van der Waals surface area contributed by atoms with Crippen LogP contribution < -0.4 is 14.2 Å². The summed E-state index contributed by atoms with van der Waals surface area (Å²) >= 11 is 0. The molecule has 100 valence electrons. The molecule has 0 bridgehead atoms. The van der Waals surface area contributed by atoms with Crippen LogP contribution in [0.25, 0.3) is 11.1 Å². The molecule has 0 aliphatic rings. The van der Waals surface area contributed by atoms with Crippen LogP contribution in [0.2, 0.25) is 0 Å². The minimum Gasteiger partial charge on any atom is -0.493 e. The minimum atomic E-state index is 0.612.